The average Bonchev–Trinajstić information content (AvgIpc) is 2.61. The lowest BCUT2D eigenvalue weighted by atomic mass is 10.2. The first kappa shape index (κ1) is 16.3. The second-order valence-electron chi connectivity index (χ2n) is 5.39. The summed E-state index contributed by atoms with van der Waals surface area (Å²) in [5.41, 5.74) is 1.77. The minimum atomic E-state index is -0.502. The molecule has 6 heteroatoms. The van der Waals surface area contributed by atoms with Gasteiger partial charge in [-0.05, 0) is 23.8 Å². The number of phenolic OH excluding ortho intramolecular Hbond substituents is 1. The molecule has 3 rings (SSSR count). The van der Waals surface area contributed by atoms with E-state index in [1.165, 1.54) is 18.2 Å². The van der Waals surface area contributed by atoms with Gasteiger partial charge in [0.2, 0.25) is 0 Å². The maximum absolute atomic E-state index is 11.1. The summed E-state index contributed by atoms with van der Waals surface area (Å²) < 4.78 is 5.75. The van der Waals surface area contributed by atoms with Gasteiger partial charge in [-0.25, -0.2) is 0 Å². The van der Waals surface area contributed by atoms with E-state index in [0.29, 0.717) is 18.0 Å². The smallest absolute Gasteiger partial charge is 0.292 e. The fourth-order valence-electron chi connectivity index (χ4n) is 2.34. The molecule has 0 amide bonds. The lowest BCUT2D eigenvalue weighted by Gasteiger charge is -2.10. The zero-order valence-corrected chi connectivity index (χ0v) is 13.3. The Morgan fingerprint density at radius 3 is 2.56 bits per heavy atom. The van der Waals surface area contributed by atoms with Crippen molar-refractivity contribution in [3.8, 4) is 11.5 Å². The van der Waals surface area contributed by atoms with Crippen molar-refractivity contribution in [2.24, 2.45) is 0 Å². The van der Waals surface area contributed by atoms with E-state index in [9.17, 15) is 15.2 Å². The summed E-state index contributed by atoms with van der Waals surface area (Å²) in [4.78, 5) is 10.6. The molecule has 6 nitrogen and oxygen atoms in total. The highest BCUT2D eigenvalue weighted by Gasteiger charge is 2.14. The van der Waals surface area contributed by atoms with Gasteiger partial charge < -0.3 is 15.2 Å². The van der Waals surface area contributed by atoms with E-state index in [-0.39, 0.29) is 17.1 Å². The molecule has 3 aromatic carbocycles. The normalized spacial score (nSPS) is 10.2. The Bertz CT molecular complexity index is 882. The van der Waals surface area contributed by atoms with Crippen LogP contribution in [0.25, 0.3) is 0 Å². The molecule has 0 heterocycles. The van der Waals surface area contributed by atoms with E-state index >= 15 is 0 Å². The fourth-order valence-corrected chi connectivity index (χ4v) is 2.34. The average molecular weight is 336 g/mol. The summed E-state index contributed by atoms with van der Waals surface area (Å²) in [6.45, 7) is 0.427. The number of anilines is 2. The number of ether oxygens (including phenoxy) is 1. The number of rotatable bonds is 6. The minimum absolute atomic E-state index is 0.0513. The number of nitro groups is 1. The molecule has 0 spiro atoms. The number of nitrogens with zero attached hydrogens (tertiary/aromatic N) is 1. The van der Waals surface area contributed by atoms with E-state index in [1.54, 1.807) is 18.2 Å². The Balaban J connectivity index is 1.76. The van der Waals surface area contributed by atoms with Gasteiger partial charge >= 0.3 is 0 Å². The molecule has 0 saturated carbocycles. The van der Waals surface area contributed by atoms with Crippen LogP contribution in [0.15, 0.2) is 72.8 Å². The molecule has 0 bridgehead atoms. The van der Waals surface area contributed by atoms with Gasteiger partial charge in [-0.3, -0.25) is 10.1 Å². The predicted molar refractivity (Wildman–Crippen MR) is 95.3 cm³/mol. The number of benzene rings is 3. The van der Waals surface area contributed by atoms with Crippen molar-refractivity contribution in [1.29, 1.82) is 0 Å². The SMILES string of the molecule is O=[N+]([O-])c1ccc(O)cc1Nc1cccc(OCc2ccccc2)c1. The van der Waals surface area contributed by atoms with Crippen molar-refractivity contribution in [3.05, 3.63) is 88.5 Å². The largest absolute Gasteiger partial charge is 0.508 e. The third-order valence-electron chi connectivity index (χ3n) is 3.54. The van der Waals surface area contributed by atoms with Crippen LogP contribution in [0.3, 0.4) is 0 Å². The van der Waals surface area contributed by atoms with Crippen LogP contribution < -0.4 is 10.1 Å². The molecule has 0 atom stereocenters. The molecule has 0 aliphatic rings. The number of hydrogen-bond acceptors (Lipinski definition) is 5. The Labute approximate surface area is 144 Å². The Kier molecular flexibility index (Phi) is 4.80. The van der Waals surface area contributed by atoms with Crippen LogP contribution in [0, 0.1) is 10.1 Å². The first-order chi connectivity index (χ1) is 12.1. The second-order valence-corrected chi connectivity index (χ2v) is 5.39. The molecular formula is C19H16N2O4. The van der Waals surface area contributed by atoms with Crippen molar-refractivity contribution < 1.29 is 14.8 Å². The monoisotopic (exact) mass is 336 g/mol. The minimum Gasteiger partial charge on any atom is -0.508 e. The van der Waals surface area contributed by atoms with Gasteiger partial charge in [0.1, 0.15) is 23.8 Å². The molecule has 0 radical (unpaired) electrons. The van der Waals surface area contributed by atoms with Crippen molar-refractivity contribution >= 4 is 17.1 Å². The van der Waals surface area contributed by atoms with E-state index in [0.717, 1.165) is 5.56 Å². The number of nitro benzene ring substituents is 1. The van der Waals surface area contributed by atoms with Crippen LogP contribution in [-0.2, 0) is 6.61 Å². The highest BCUT2D eigenvalue weighted by Crippen LogP contribution is 2.31. The zero-order valence-electron chi connectivity index (χ0n) is 13.3. The van der Waals surface area contributed by atoms with E-state index in [2.05, 4.69) is 5.32 Å². The highest BCUT2D eigenvalue weighted by atomic mass is 16.6. The van der Waals surface area contributed by atoms with Crippen LogP contribution in [0.1, 0.15) is 5.56 Å². The molecule has 0 unspecified atom stereocenters. The van der Waals surface area contributed by atoms with Crippen LogP contribution in [0.4, 0.5) is 17.1 Å². The molecule has 0 aromatic heterocycles. The summed E-state index contributed by atoms with van der Waals surface area (Å²) in [6.07, 6.45) is 0. The van der Waals surface area contributed by atoms with E-state index in [4.69, 9.17) is 4.74 Å². The van der Waals surface area contributed by atoms with Gasteiger partial charge in [-0.1, -0.05) is 36.4 Å². The Morgan fingerprint density at radius 1 is 1.00 bits per heavy atom. The zero-order chi connectivity index (χ0) is 17.6. The van der Waals surface area contributed by atoms with Gasteiger partial charge in [0.25, 0.3) is 5.69 Å². The van der Waals surface area contributed by atoms with Crippen molar-refractivity contribution in [3.63, 3.8) is 0 Å². The topological polar surface area (TPSA) is 84.6 Å². The van der Waals surface area contributed by atoms with E-state index in [1.807, 2.05) is 36.4 Å². The molecule has 2 N–H and O–H groups in total. The summed E-state index contributed by atoms with van der Waals surface area (Å²) in [5, 5.41) is 23.6. The molecular weight excluding hydrogens is 320 g/mol. The highest BCUT2D eigenvalue weighted by molar-refractivity contribution is 5.71. The number of nitrogens with one attached hydrogen (secondary N) is 1. The lowest BCUT2D eigenvalue weighted by molar-refractivity contribution is -0.383. The Morgan fingerprint density at radius 2 is 1.80 bits per heavy atom. The quantitative estimate of drug-likeness (QED) is 0.507. The first-order valence-electron chi connectivity index (χ1n) is 7.63. The van der Waals surface area contributed by atoms with Crippen LogP contribution in [0.5, 0.6) is 11.5 Å². The number of phenols is 1. The Hall–Kier alpha value is -3.54. The lowest BCUT2D eigenvalue weighted by Crippen LogP contribution is -1.98. The third kappa shape index (κ3) is 4.26. The molecule has 25 heavy (non-hydrogen) atoms. The number of aromatic hydroxyl groups is 1. The summed E-state index contributed by atoms with van der Waals surface area (Å²) in [7, 11) is 0. The number of hydrogen-bond donors (Lipinski definition) is 2. The molecule has 0 fully saturated rings. The van der Waals surface area contributed by atoms with Crippen LogP contribution in [-0.4, -0.2) is 10.0 Å². The maximum atomic E-state index is 11.1. The van der Waals surface area contributed by atoms with Crippen molar-refractivity contribution in [2.45, 2.75) is 6.61 Å². The van der Waals surface area contributed by atoms with Gasteiger partial charge in [0, 0.05) is 23.9 Å². The third-order valence-corrected chi connectivity index (χ3v) is 3.54. The summed E-state index contributed by atoms with van der Waals surface area (Å²) in [5.74, 6) is 0.584. The van der Waals surface area contributed by atoms with Gasteiger partial charge in [0.05, 0.1) is 4.92 Å². The standard InChI is InChI=1S/C19H16N2O4/c22-16-9-10-19(21(23)24)18(12-16)20-15-7-4-8-17(11-15)25-13-14-5-2-1-3-6-14/h1-12,20,22H,13H2. The molecule has 0 aliphatic carbocycles. The van der Waals surface area contributed by atoms with Crippen molar-refractivity contribution in [2.75, 3.05) is 5.32 Å². The van der Waals surface area contributed by atoms with Gasteiger partial charge in [-0.15, -0.1) is 0 Å². The first-order valence-corrected chi connectivity index (χ1v) is 7.63. The summed E-state index contributed by atoms with van der Waals surface area (Å²) in [6, 6.07) is 20.7. The molecule has 0 saturated heterocycles. The van der Waals surface area contributed by atoms with E-state index < -0.39 is 4.92 Å². The van der Waals surface area contributed by atoms with Gasteiger partial charge in [0.15, 0.2) is 0 Å². The molecule has 126 valence electrons. The second kappa shape index (κ2) is 7.35. The predicted octanol–water partition coefficient (Wildman–Crippen LogP) is 4.62. The molecule has 0 aliphatic heterocycles. The van der Waals surface area contributed by atoms with Crippen LogP contribution in [0.2, 0.25) is 0 Å². The van der Waals surface area contributed by atoms with Crippen molar-refractivity contribution in [1.82, 2.24) is 0 Å². The van der Waals surface area contributed by atoms with Crippen LogP contribution >= 0.6 is 0 Å². The molecule has 3 aromatic rings. The summed E-state index contributed by atoms with van der Waals surface area (Å²) >= 11 is 0. The maximum Gasteiger partial charge on any atom is 0.292 e. The van der Waals surface area contributed by atoms with Gasteiger partial charge in [-0.2, -0.15) is 0 Å². The fraction of sp³-hybridized carbons (Fsp3) is 0.0526.